The molecule has 0 aliphatic heterocycles. The van der Waals surface area contributed by atoms with Gasteiger partial charge < -0.3 is 20.7 Å². The Morgan fingerprint density at radius 3 is 2.50 bits per heavy atom. The molecule has 1 aromatic carbocycles. The fourth-order valence-corrected chi connectivity index (χ4v) is 1.19. The van der Waals surface area contributed by atoms with Gasteiger partial charge in [0.1, 0.15) is 11.5 Å². The Morgan fingerprint density at radius 2 is 2.07 bits per heavy atom. The van der Waals surface area contributed by atoms with Gasteiger partial charge in [-0.1, -0.05) is 0 Å². The van der Waals surface area contributed by atoms with Gasteiger partial charge in [-0.2, -0.15) is 0 Å². The highest BCUT2D eigenvalue weighted by Crippen LogP contribution is 2.28. The number of aromatic hydroxyl groups is 1. The number of phenols is 1. The molecule has 78 valence electrons. The van der Waals surface area contributed by atoms with E-state index in [1.165, 1.54) is 13.2 Å². The molecule has 0 fully saturated rings. The summed E-state index contributed by atoms with van der Waals surface area (Å²) in [5.41, 5.74) is 6.19. The van der Waals surface area contributed by atoms with Crippen LogP contribution in [0.1, 0.15) is 18.5 Å². The smallest absolute Gasteiger partial charge is 0.124 e. The Morgan fingerprint density at radius 1 is 1.43 bits per heavy atom. The van der Waals surface area contributed by atoms with Gasteiger partial charge in [0.15, 0.2) is 0 Å². The average molecular weight is 197 g/mol. The lowest BCUT2D eigenvalue weighted by molar-refractivity contribution is 0.162. The first kappa shape index (κ1) is 10.8. The van der Waals surface area contributed by atoms with Crippen molar-refractivity contribution in [3.8, 4) is 11.5 Å². The van der Waals surface area contributed by atoms with Gasteiger partial charge in [0.25, 0.3) is 0 Å². The molecule has 0 bridgehead atoms. The molecule has 1 rings (SSSR count). The molecule has 0 radical (unpaired) electrons. The highest BCUT2D eigenvalue weighted by Gasteiger charge is 2.15. The van der Waals surface area contributed by atoms with Crippen LogP contribution in [0.4, 0.5) is 0 Å². The monoisotopic (exact) mass is 197 g/mol. The second-order valence-corrected chi connectivity index (χ2v) is 3.19. The number of methoxy groups -OCH3 is 1. The highest BCUT2D eigenvalue weighted by atomic mass is 16.5. The molecule has 0 aromatic heterocycles. The van der Waals surface area contributed by atoms with Crippen molar-refractivity contribution in [2.75, 3.05) is 7.11 Å². The molecule has 0 heterocycles. The van der Waals surface area contributed by atoms with Crippen LogP contribution in [0, 0.1) is 0 Å². The van der Waals surface area contributed by atoms with Crippen LogP contribution in [0.3, 0.4) is 0 Å². The predicted octanol–water partition coefficient (Wildman–Crippen LogP) is 0.781. The normalized spacial score (nSPS) is 14.9. The first-order chi connectivity index (χ1) is 6.56. The van der Waals surface area contributed by atoms with Crippen LogP contribution < -0.4 is 10.5 Å². The van der Waals surface area contributed by atoms with Gasteiger partial charge in [-0.15, -0.1) is 0 Å². The van der Waals surface area contributed by atoms with E-state index in [1.807, 2.05) is 0 Å². The SMILES string of the molecule is COc1ccc([C@H](N)[C@@H](C)O)c(O)c1. The number of nitrogens with two attached hydrogens (primary N) is 1. The maximum absolute atomic E-state index is 9.57. The Balaban J connectivity index is 2.99. The predicted molar refractivity (Wildman–Crippen MR) is 53.3 cm³/mol. The molecule has 0 saturated heterocycles. The minimum absolute atomic E-state index is 0.0396. The standard InChI is InChI=1S/C10H15NO3/c1-6(12)10(11)8-4-3-7(14-2)5-9(8)13/h3-6,10,12-13H,11H2,1-2H3/t6-,10-/m1/s1. The number of aliphatic hydroxyl groups excluding tert-OH is 1. The molecule has 0 aliphatic carbocycles. The molecule has 14 heavy (non-hydrogen) atoms. The fraction of sp³-hybridized carbons (Fsp3) is 0.400. The lowest BCUT2D eigenvalue weighted by atomic mass is 10.0. The zero-order valence-corrected chi connectivity index (χ0v) is 8.27. The van der Waals surface area contributed by atoms with Crippen LogP contribution in [-0.4, -0.2) is 23.4 Å². The van der Waals surface area contributed by atoms with Crippen molar-refractivity contribution in [3.63, 3.8) is 0 Å². The number of benzene rings is 1. The topological polar surface area (TPSA) is 75.7 Å². The van der Waals surface area contributed by atoms with Gasteiger partial charge in [-0.05, 0) is 19.1 Å². The van der Waals surface area contributed by atoms with Crippen molar-refractivity contribution in [2.45, 2.75) is 19.1 Å². The zero-order chi connectivity index (χ0) is 10.7. The third kappa shape index (κ3) is 2.16. The minimum atomic E-state index is -0.700. The van der Waals surface area contributed by atoms with E-state index in [0.29, 0.717) is 11.3 Å². The van der Waals surface area contributed by atoms with E-state index in [-0.39, 0.29) is 5.75 Å². The van der Waals surface area contributed by atoms with Crippen LogP contribution in [0.25, 0.3) is 0 Å². The quantitative estimate of drug-likeness (QED) is 0.669. The van der Waals surface area contributed by atoms with Crippen LogP contribution >= 0.6 is 0 Å². The third-order valence-electron chi connectivity index (χ3n) is 2.12. The molecule has 4 heteroatoms. The summed E-state index contributed by atoms with van der Waals surface area (Å²) in [5, 5.41) is 18.8. The van der Waals surface area contributed by atoms with Crippen molar-refractivity contribution >= 4 is 0 Å². The Labute approximate surface area is 82.9 Å². The number of aliphatic hydroxyl groups is 1. The van der Waals surface area contributed by atoms with Gasteiger partial charge >= 0.3 is 0 Å². The van der Waals surface area contributed by atoms with E-state index in [9.17, 15) is 10.2 Å². The molecule has 2 atom stereocenters. The molecule has 4 N–H and O–H groups in total. The van der Waals surface area contributed by atoms with E-state index in [0.717, 1.165) is 0 Å². The molecule has 0 aliphatic rings. The van der Waals surface area contributed by atoms with E-state index in [1.54, 1.807) is 19.1 Å². The third-order valence-corrected chi connectivity index (χ3v) is 2.12. The number of ether oxygens (including phenoxy) is 1. The Kier molecular flexibility index (Phi) is 3.33. The van der Waals surface area contributed by atoms with Crippen molar-refractivity contribution in [2.24, 2.45) is 5.73 Å². The van der Waals surface area contributed by atoms with Gasteiger partial charge in [0, 0.05) is 11.6 Å². The first-order valence-electron chi connectivity index (χ1n) is 4.36. The summed E-state index contributed by atoms with van der Waals surface area (Å²) in [6.07, 6.45) is -0.700. The molecule has 0 saturated carbocycles. The molecular weight excluding hydrogens is 182 g/mol. The Bertz CT molecular complexity index is 312. The number of phenolic OH excluding ortho intramolecular Hbond substituents is 1. The summed E-state index contributed by atoms with van der Waals surface area (Å²) in [6, 6.07) is 4.22. The zero-order valence-electron chi connectivity index (χ0n) is 8.27. The lowest BCUT2D eigenvalue weighted by Gasteiger charge is -2.16. The van der Waals surface area contributed by atoms with Crippen LogP contribution in [0.2, 0.25) is 0 Å². The maximum atomic E-state index is 9.57. The van der Waals surface area contributed by atoms with Crippen molar-refractivity contribution in [1.82, 2.24) is 0 Å². The summed E-state index contributed by atoms with van der Waals surface area (Å²) >= 11 is 0. The first-order valence-corrected chi connectivity index (χ1v) is 4.36. The summed E-state index contributed by atoms with van der Waals surface area (Å²) in [5.74, 6) is 0.599. The second kappa shape index (κ2) is 4.30. The highest BCUT2D eigenvalue weighted by molar-refractivity contribution is 5.41. The molecule has 0 unspecified atom stereocenters. The lowest BCUT2D eigenvalue weighted by Crippen LogP contribution is -2.23. The molecule has 1 aromatic rings. The summed E-state index contributed by atoms with van der Waals surface area (Å²) in [4.78, 5) is 0. The van der Waals surface area contributed by atoms with Crippen molar-refractivity contribution < 1.29 is 14.9 Å². The maximum Gasteiger partial charge on any atom is 0.124 e. The van der Waals surface area contributed by atoms with E-state index >= 15 is 0 Å². The van der Waals surface area contributed by atoms with Crippen molar-refractivity contribution in [3.05, 3.63) is 23.8 Å². The average Bonchev–Trinajstić information content (AvgIpc) is 2.16. The van der Waals surface area contributed by atoms with Gasteiger partial charge in [-0.25, -0.2) is 0 Å². The summed E-state index contributed by atoms with van der Waals surface area (Å²) < 4.78 is 4.93. The minimum Gasteiger partial charge on any atom is -0.507 e. The van der Waals surface area contributed by atoms with Crippen LogP contribution in [-0.2, 0) is 0 Å². The van der Waals surface area contributed by atoms with Crippen LogP contribution in [0.5, 0.6) is 11.5 Å². The van der Waals surface area contributed by atoms with E-state index in [4.69, 9.17) is 10.5 Å². The number of hydrogen-bond donors (Lipinski definition) is 3. The number of hydrogen-bond acceptors (Lipinski definition) is 4. The Hall–Kier alpha value is -1.26. The van der Waals surface area contributed by atoms with Gasteiger partial charge in [0.2, 0.25) is 0 Å². The fourth-order valence-electron chi connectivity index (χ4n) is 1.19. The van der Waals surface area contributed by atoms with Crippen molar-refractivity contribution in [1.29, 1.82) is 0 Å². The summed E-state index contributed by atoms with van der Waals surface area (Å²) in [6.45, 7) is 1.58. The molecule has 0 amide bonds. The second-order valence-electron chi connectivity index (χ2n) is 3.19. The number of rotatable bonds is 3. The molecule has 0 spiro atoms. The largest absolute Gasteiger partial charge is 0.507 e. The van der Waals surface area contributed by atoms with E-state index < -0.39 is 12.1 Å². The summed E-state index contributed by atoms with van der Waals surface area (Å²) in [7, 11) is 1.52. The molecular formula is C10H15NO3. The van der Waals surface area contributed by atoms with Gasteiger partial charge in [-0.3, -0.25) is 0 Å². The van der Waals surface area contributed by atoms with E-state index in [2.05, 4.69) is 0 Å². The van der Waals surface area contributed by atoms with Gasteiger partial charge in [0.05, 0.1) is 19.3 Å². The van der Waals surface area contributed by atoms with Crippen LogP contribution in [0.15, 0.2) is 18.2 Å². The molecule has 4 nitrogen and oxygen atoms in total.